The Labute approximate surface area is 179 Å². The number of ether oxygens (including phenoxy) is 1. The third kappa shape index (κ3) is 4.17. The summed E-state index contributed by atoms with van der Waals surface area (Å²) in [6.07, 6.45) is 0. The number of sulfonamides is 1. The van der Waals surface area contributed by atoms with Gasteiger partial charge in [0.25, 0.3) is 5.91 Å². The van der Waals surface area contributed by atoms with E-state index in [-0.39, 0.29) is 10.5 Å². The molecule has 0 aliphatic carbocycles. The summed E-state index contributed by atoms with van der Waals surface area (Å²) in [5, 5.41) is 3.21. The van der Waals surface area contributed by atoms with Crippen molar-refractivity contribution >= 4 is 42.6 Å². The molecule has 3 aromatic rings. The lowest BCUT2D eigenvalue weighted by Gasteiger charge is -2.29. The molecule has 2 heterocycles. The first-order valence-electron chi connectivity index (χ1n) is 9.54. The van der Waals surface area contributed by atoms with Crippen LogP contribution in [0, 0.1) is 0 Å². The van der Waals surface area contributed by atoms with Crippen molar-refractivity contribution < 1.29 is 22.8 Å². The number of benzene rings is 2. The van der Waals surface area contributed by atoms with E-state index in [4.69, 9.17) is 4.74 Å². The SMILES string of the molecule is COc1ccc2nc(NC(=O)c3cccc(S(=O)(=O)N4CC[NH+](C)CC4)c3)sc2c1. The van der Waals surface area contributed by atoms with Crippen LogP contribution in [-0.2, 0) is 10.0 Å². The molecular weight excluding hydrogens is 424 g/mol. The van der Waals surface area contributed by atoms with Crippen LogP contribution in [0.25, 0.3) is 10.2 Å². The van der Waals surface area contributed by atoms with Crippen molar-refractivity contribution in [3.63, 3.8) is 0 Å². The van der Waals surface area contributed by atoms with E-state index >= 15 is 0 Å². The molecule has 1 aromatic heterocycles. The van der Waals surface area contributed by atoms with Gasteiger partial charge in [-0.05, 0) is 36.4 Å². The highest BCUT2D eigenvalue weighted by molar-refractivity contribution is 7.89. The molecule has 8 nitrogen and oxygen atoms in total. The Bertz CT molecular complexity index is 1180. The molecule has 4 rings (SSSR count). The Morgan fingerprint density at radius 2 is 1.97 bits per heavy atom. The number of quaternary nitrogens is 1. The van der Waals surface area contributed by atoms with Gasteiger partial charge in [-0.1, -0.05) is 17.4 Å². The maximum Gasteiger partial charge on any atom is 0.257 e. The highest BCUT2D eigenvalue weighted by Crippen LogP contribution is 2.29. The molecule has 0 radical (unpaired) electrons. The van der Waals surface area contributed by atoms with Gasteiger partial charge in [0.1, 0.15) is 5.75 Å². The molecule has 1 aliphatic rings. The third-order valence-electron chi connectivity index (χ3n) is 5.13. The Kier molecular flexibility index (Phi) is 5.74. The molecule has 30 heavy (non-hydrogen) atoms. The highest BCUT2D eigenvalue weighted by Gasteiger charge is 2.29. The summed E-state index contributed by atoms with van der Waals surface area (Å²) in [5.74, 6) is 0.313. The van der Waals surface area contributed by atoms with Gasteiger partial charge in [-0.3, -0.25) is 10.1 Å². The number of anilines is 1. The Morgan fingerprint density at radius 3 is 2.70 bits per heavy atom. The van der Waals surface area contributed by atoms with E-state index in [0.29, 0.717) is 24.0 Å². The van der Waals surface area contributed by atoms with E-state index in [2.05, 4.69) is 10.3 Å². The molecule has 0 bridgehead atoms. The van der Waals surface area contributed by atoms with Crippen LogP contribution in [0.5, 0.6) is 5.75 Å². The summed E-state index contributed by atoms with van der Waals surface area (Å²) in [7, 11) is 0.0117. The van der Waals surface area contributed by atoms with Crippen molar-refractivity contribution in [2.75, 3.05) is 45.7 Å². The minimum absolute atomic E-state index is 0.128. The number of carbonyl (C=O) groups is 1. The second-order valence-corrected chi connectivity index (χ2v) is 10.2. The molecule has 0 unspecified atom stereocenters. The van der Waals surface area contributed by atoms with Crippen LogP contribution in [0.4, 0.5) is 5.13 Å². The van der Waals surface area contributed by atoms with Crippen molar-refractivity contribution in [3.8, 4) is 5.75 Å². The van der Waals surface area contributed by atoms with E-state index in [1.165, 1.54) is 32.7 Å². The summed E-state index contributed by atoms with van der Waals surface area (Å²) < 4.78 is 33.5. The molecule has 2 N–H and O–H groups in total. The molecule has 1 amide bonds. The van der Waals surface area contributed by atoms with Gasteiger partial charge in [0, 0.05) is 5.56 Å². The first-order valence-corrected chi connectivity index (χ1v) is 11.8. The molecule has 1 saturated heterocycles. The number of methoxy groups -OCH3 is 1. The van der Waals surface area contributed by atoms with E-state index < -0.39 is 15.9 Å². The second-order valence-electron chi connectivity index (χ2n) is 7.20. The lowest BCUT2D eigenvalue weighted by atomic mass is 10.2. The van der Waals surface area contributed by atoms with Crippen LogP contribution in [0.1, 0.15) is 10.4 Å². The third-order valence-corrected chi connectivity index (χ3v) is 7.95. The normalized spacial score (nSPS) is 15.9. The molecule has 2 aromatic carbocycles. The summed E-state index contributed by atoms with van der Waals surface area (Å²) in [5.41, 5.74) is 1.03. The van der Waals surface area contributed by atoms with Gasteiger partial charge in [-0.2, -0.15) is 4.31 Å². The number of amides is 1. The summed E-state index contributed by atoms with van der Waals surface area (Å²) >= 11 is 1.33. The minimum atomic E-state index is -3.63. The predicted molar refractivity (Wildman–Crippen MR) is 116 cm³/mol. The number of thiazole rings is 1. The summed E-state index contributed by atoms with van der Waals surface area (Å²) in [4.78, 5) is 18.6. The smallest absolute Gasteiger partial charge is 0.257 e. The van der Waals surface area contributed by atoms with Gasteiger partial charge in [-0.15, -0.1) is 0 Å². The van der Waals surface area contributed by atoms with Crippen LogP contribution < -0.4 is 15.0 Å². The van der Waals surface area contributed by atoms with Crippen LogP contribution in [0.3, 0.4) is 0 Å². The lowest BCUT2D eigenvalue weighted by molar-refractivity contribution is -0.883. The number of carbonyl (C=O) groups excluding carboxylic acids is 1. The van der Waals surface area contributed by atoms with Gasteiger partial charge in [0.05, 0.1) is 55.4 Å². The highest BCUT2D eigenvalue weighted by atomic mass is 32.2. The zero-order valence-corrected chi connectivity index (χ0v) is 18.3. The fourth-order valence-corrected chi connectivity index (χ4v) is 5.69. The standard InChI is InChI=1S/C20H22N4O4S2/c1-23-8-10-24(11-9-23)30(26,27)16-5-3-4-14(12-16)19(25)22-20-21-17-7-6-15(28-2)13-18(17)29-20/h3-7,12-13H,8-11H2,1-2H3,(H,21,22,25)/p+1. The number of aromatic nitrogens is 1. The first-order chi connectivity index (χ1) is 14.4. The molecule has 10 heteroatoms. The van der Waals surface area contributed by atoms with Gasteiger partial charge in [-0.25, -0.2) is 13.4 Å². The van der Waals surface area contributed by atoms with Gasteiger partial charge >= 0.3 is 0 Å². The van der Waals surface area contributed by atoms with Crippen LogP contribution in [-0.4, -0.2) is 64.0 Å². The molecule has 0 spiro atoms. The number of rotatable bonds is 5. The molecule has 1 aliphatic heterocycles. The zero-order chi connectivity index (χ0) is 21.3. The van der Waals surface area contributed by atoms with Crippen molar-refractivity contribution in [1.82, 2.24) is 9.29 Å². The molecule has 1 fully saturated rings. The molecule has 0 atom stereocenters. The zero-order valence-electron chi connectivity index (χ0n) is 16.7. The number of hydrogen-bond donors (Lipinski definition) is 2. The minimum Gasteiger partial charge on any atom is -0.497 e. The Morgan fingerprint density at radius 1 is 1.20 bits per heavy atom. The number of nitrogens with one attached hydrogen (secondary N) is 2. The van der Waals surface area contributed by atoms with Gasteiger partial charge in [0.15, 0.2) is 5.13 Å². The van der Waals surface area contributed by atoms with E-state index in [0.717, 1.165) is 23.3 Å². The number of likely N-dealkylation sites (N-methyl/N-ethyl adjacent to an activating group) is 1. The van der Waals surface area contributed by atoms with Crippen molar-refractivity contribution in [2.45, 2.75) is 4.90 Å². The Balaban J connectivity index is 1.54. The number of fused-ring (bicyclic) bond motifs is 1. The number of nitrogens with zero attached hydrogens (tertiary/aromatic N) is 2. The monoisotopic (exact) mass is 447 g/mol. The van der Waals surface area contributed by atoms with Gasteiger partial charge < -0.3 is 9.64 Å². The van der Waals surface area contributed by atoms with Crippen LogP contribution >= 0.6 is 11.3 Å². The lowest BCUT2D eigenvalue weighted by Crippen LogP contribution is -3.12. The van der Waals surface area contributed by atoms with E-state index in [9.17, 15) is 13.2 Å². The van der Waals surface area contributed by atoms with Crippen molar-refractivity contribution in [1.29, 1.82) is 0 Å². The van der Waals surface area contributed by atoms with Crippen LogP contribution in [0.15, 0.2) is 47.4 Å². The average molecular weight is 448 g/mol. The topological polar surface area (TPSA) is 93.0 Å². The second kappa shape index (κ2) is 8.31. The summed E-state index contributed by atoms with van der Waals surface area (Å²) in [6.45, 7) is 2.48. The first kappa shape index (κ1) is 20.7. The van der Waals surface area contributed by atoms with Crippen molar-refractivity contribution in [3.05, 3.63) is 48.0 Å². The average Bonchev–Trinajstić information content (AvgIpc) is 3.15. The predicted octanol–water partition coefficient (Wildman–Crippen LogP) is 1.08. The molecule has 158 valence electrons. The van der Waals surface area contributed by atoms with E-state index in [1.54, 1.807) is 19.2 Å². The molecule has 0 saturated carbocycles. The van der Waals surface area contributed by atoms with Gasteiger partial charge in [0.2, 0.25) is 10.0 Å². The maximum atomic E-state index is 13.0. The fraction of sp³-hybridized carbons (Fsp3) is 0.300. The Hall–Kier alpha value is -2.53. The quantitative estimate of drug-likeness (QED) is 0.611. The molecular formula is C20H23N4O4S2+. The maximum absolute atomic E-state index is 13.0. The largest absolute Gasteiger partial charge is 0.497 e. The summed E-state index contributed by atoms with van der Waals surface area (Å²) in [6, 6.07) is 11.6. The number of piperazine rings is 1. The van der Waals surface area contributed by atoms with Crippen molar-refractivity contribution in [2.24, 2.45) is 0 Å². The van der Waals surface area contributed by atoms with E-state index in [1.807, 2.05) is 25.2 Å². The van der Waals surface area contributed by atoms with Crippen LogP contribution in [0.2, 0.25) is 0 Å². The number of hydrogen-bond acceptors (Lipinski definition) is 6. The fourth-order valence-electron chi connectivity index (χ4n) is 3.31.